The Labute approximate surface area is 113 Å². The van der Waals surface area contributed by atoms with Gasteiger partial charge in [-0.15, -0.1) is 0 Å². The number of aliphatic hydroxyl groups excluding tert-OH is 1. The number of piperidine rings is 1. The highest BCUT2D eigenvalue weighted by atomic mass is 16.3. The van der Waals surface area contributed by atoms with Crippen LogP contribution in [-0.2, 0) is 6.61 Å². The van der Waals surface area contributed by atoms with Crippen molar-refractivity contribution >= 4 is 16.7 Å². The fourth-order valence-electron chi connectivity index (χ4n) is 2.93. The lowest BCUT2D eigenvalue weighted by molar-refractivity contribution is 0.281. The molecule has 1 aliphatic rings. The monoisotopic (exact) mass is 256 g/mol. The van der Waals surface area contributed by atoms with Crippen LogP contribution in [0.5, 0.6) is 0 Å². The molecule has 1 unspecified atom stereocenters. The Kier molecular flexibility index (Phi) is 3.38. The Morgan fingerprint density at radius 1 is 1.32 bits per heavy atom. The van der Waals surface area contributed by atoms with E-state index in [0.29, 0.717) is 6.04 Å². The van der Waals surface area contributed by atoms with Gasteiger partial charge in [-0.25, -0.2) is 4.98 Å². The van der Waals surface area contributed by atoms with E-state index in [-0.39, 0.29) is 6.61 Å². The molecule has 3 nitrogen and oxygen atoms in total. The molecule has 2 heterocycles. The second kappa shape index (κ2) is 5.17. The maximum atomic E-state index is 9.63. The van der Waals surface area contributed by atoms with Crippen molar-refractivity contribution in [2.24, 2.45) is 0 Å². The molecule has 100 valence electrons. The van der Waals surface area contributed by atoms with Gasteiger partial charge < -0.3 is 10.0 Å². The third kappa shape index (κ3) is 2.30. The number of aromatic nitrogens is 1. The van der Waals surface area contributed by atoms with E-state index in [0.717, 1.165) is 28.8 Å². The highest BCUT2D eigenvalue weighted by molar-refractivity contribution is 5.81. The molecule has 1 fully saturated rings. The van der Waals surface area contributed by atoms with Gasteiger partial charge >= 0.3 is 0 Å². The van der Waals surface area contributed by atoms with Gasteiger partial charge in [-0.3, -0.25) is 0 Å². The number of hydrogen-bond donors (Lipinski definition) is 1. The molecule has 0 amide bonds. The Morgan fingerprint density at radius 3 is 2.95 bits per heavy atom. The van der Waals surface area contributed by atoms with E-state index in [9.17, 15) is 5.11 Å². The van der Waals surface area contributed by atoms with E-state index in [2.05, 4.69) is 17.9 Å². The Hall–Kier alpha value is -1.61. The van der Waals surface area contributed by atoms with Crippen molar-refractivity contribution in [1.29, 1.82) is 0 Å². The molecular weight excluding hydrogens is 236 g/mol. The van der Waals surface area contributed by atoms with E-state index in [4.69, 9.17) is 4.98 Å². The van der Waals surface area contributed by atoms with Gasteiger partial charge in [0.25, 0.3) is 0 Å². The number of fused-ring (bicyclic) bond motifs is 1. The van der Waals surface area contributed by atoms with Crippen molar-refractivity contribution in [3.8, 4) is 0 Å². The summed E-state index contributed by atoms with van der Waals surface area (Å²) in [6, 6.07) is 10.7. The topological polar surface area (TPSA) is 36.4 Å². The lowest BCUT2D eigenvalue weighted by Crippen LogP contribution is -2.38. The van der Waals surface area contributed by atoms with E-state index >= 15 is 0 Å². The number of aliphatic hydroxyl groups is 1. The molecule has 3 rings (SSSR count). The number of rotatable bonds is 2. The molecule has 0 saturated carbocycles. The quantitative estimate of drug-likeness (QED) is 0.897. The minimum atomic E-state index is 0.0520. The lowest BCUT2D eigenvalue weighted by atomic mass is 10.0. The maximum absolute atomic E-state index is 9.63. The number of para-hydroxylation sites is 1. The minimum Gasteiger partial charge on any atom is -0.392 e. The minimum absolute atomic E-state index is 0.0520. The van der Waals surface area contributed by atoms with E-state index < -0.39 is 0 Å². The summed E-state index contributed by atoms with van der Waals surface area (Å²) in [5, 5.41) is 10.7. The molecule has 1 atom stereocenters. The molecule has 1 saturated heterocycles. The smallest absolute Gasteiger partial charge is 0.135 e. The van der Waals surface area contributed by atoms with Crippen LogP contribution >= 0.6 is 0 Å². The van der Waals surface area contributed by atoms with Crippen molar-refractivity contribution in [2.75, 3.05) is 11.4 Å². The van der Waals surface area contributed by atoms with Crippen molar-refractivity contribution in [3.63, 3.8) is 0 Å². The zero-order chi connectivity index (χ0) is 13.2. The van der Waals surface area contributed by atoms with E-state index in [1.807, 2.05) is 24.3 Å². The standard InChI is InChI=1S/C16H20N2O/c1-12-6-4-5-9-18(12)16-14(11-19)10-13-7-2-3-8-15(13)17-16/h2-3,7-8,10,12,19H,4-6,9,11H2,1H3. The average Bonchev–Trinajstić information content (AvgIpc) is 2.46. The number of anilines is 1. The summed E-state index contributed by atoms with van der Waals surface area (Å²) < 4.78 is 0. The highest BCUT2D eigenvalue weighted by Gasteiger charge is 2.22. The molecule has 1 aliphatic heterocycles. The summed E-state index contributed by atoms with van der Waals surface area (Å²) in [7, 11) is 0. The third-order valence-corrected chi connectivity index (χ3v) is 4.03. The van der Waals surface area contributed by atoms with Crippen molar-refractivity contribution in [1.82, 2.24) is 4.98 Å². The number of hydrogen-bond acceptors (Lipinski definition) is 3. The predicted molar refractivity (Wildman–Crippen MR) is 78.3 cm³/mol. The first kappa shape index (κ1) is 12.4. The lowest BCUT2D eigenvalue weighted by Gasteiger charge is -2.35. The molecule has 2 aromatic rings. The fraction of sp³-hybridized carbons (Fsp3) is 0.438. The fourth-order valence-corrected chi connectivity index (χ4v) is 2.93. The Balaban J connectivity index is 2.10. The molecule has 19 heavy (non-hydrogen) atoms. The van der Waals surface area contributed by atoms with Gasteiger partial charge in [0.05, 0.1) is 12.1 Å². The Morgan fingerprint density at radius 2 is 2.16 bits per heavy atom. The summed E-state index contributed by atoms with van der Waals surface area (Å²) in [6.45, 7) is 3.34. The van der Waals surface area contributed by atoms with Crippen LogP contribution in [0, 0.1) is 0 Å². The summed E-state index contributed by atoms with van der Waals surface area (Å²) >= 11 is 0. The van der Waals surface area contributed by atoms with Crippen molar-refractivity contribution in [2.45, 2.75) is 38.8 Å². The second-order valence-corrected chi connectivity index (χ2v) is 5.36. The molecule has 1 N–H and O–H groups in total. The largest absolute Gasteiger partial charge is 0.392 e. The van der Waals surface area contributed by atoms with Crippen LogP contribution in [0.4, 0.5) is 5.82 Å². The first-order valence-electron chi connectivity index (χ1n) is 7.06. The van der Waals surface area contributed by atoms with Crippen LogP contribution in [0.3, 0.4) is 0 Å². The molecule has 3 heteroatoms. The SMILES string of the molecule is CC1CCCCN1c1nc2ccccc2cc1CO. The second-order valence-electron chi connectivity index (χ2n) is 5.36. The third-order valence-electron chi connectivity index (χ3n) is 4.03. The zero-order valence-corrected chi connectivity index (χ0v) is 11.3. The predicted octanol–water partition coefficient (Wildman–Crippen LogP) is 3.11. The van der Waals surface area contributed by atoms with E-state index in [1.165, 1.54) is 19.3 Å². The summed E-state index contributed by atoms with van der Waals surface area (Å²) in [5.74, 6) is 0.966. The molecule has 0 aliphatic carbocycles. The van der Waals surface area contributed by atoms with Gasteiger partial charge in [0.2, 0.25) is 0 Å². The van der Waals surface area contributed by atoms with Crippen LogP contribution < -0.4 is 4.90 Å². The normalized spacial score (nSPS) is 19.9. The molecule has 0 radical (unpaired) electrons. The summed E-state index contributed by atoms with van der Waals surface area (Å²) in [5.41, 5.74) is 1.94. The van der Waals surface area contributed by atoms with Crippen LogP contribution in [0.25, 0.3) is 10.9 Å². The van der Waals surface area contributed by atoms with Crippen LogP contribution in [0.1, 0.15) is 31.7 Å². The summed E-state index contributed by atoms with van der Waals surface area (Å²) in [4.78, 5) is 7.13. The molecule has 0 spiro atoms. The first-order chi connectivity index (χ1) is 9.29. The van der Waals surface area contributed by atoms with Gasteiger partial charge in [-0.1, -0.05) is 18.2 Å². The van der Waals surface area contributed by atoms with Gasteiger partial charge in [0.15, 0.2) is 0 Å². The van der Waals surface area contributed by atoms with Crippen molar-refractivity contribution < 1.29 is 5.11 Å². The molecule has 1 aromatic carbocycles. The maximum Gasteiger partial charge on any atom is 0.135 e. The zero-order valence-electron chi connectivity index (χ0n) is 11.3. The highest BCUT2D eigenvalue weighted by Crippen LogP contribution is 2.28. The van der Waals surface area contributed by atoms with Crippen LogP contribution in [-0.4, -0.2) is 22.7 Å². The average molecular weight is 256 g/mol. The van der Waals surface area contributed by atoms with Gasteiger partial charge in [-0.05, 0) is 38.3 Å². The number of benzene rings is 1. The summed E-state index contributed by atoms with van der Waals surface area (Å²) in [6.07, 6.45) is 3.71. The number of nitrogens with zero attached hydrogens (tertiary/aromatic N) is 2. The number of pyridine rings is 1. The van der Waals surface area contributed by atoms with Gasteiger partial charge in [-0.2, -0.15) is 0 Å². The first-order valence-corrected chi connectivity index (χ1v) is 7.06. The molecule has 1 aromatic heterocycles. The molecule has 0 bridgehead atoms. The van der Waals surface area contributed by atoms with Crippen LogP contribution in [0.15, 0.2) is 30.3 Å². The van der Waals surface area contributed by atoms with Gasteiger partial charge in [0.1, 0.15) is 5.82 Å². The molecular formula is C16H20N2O. The van der Waals surface area contributed by atoms with E-state index in [1.54, 1.807) is 0 Å². The van der Waals surface area contributed by atoms with Gasteiger partial charge in [0, 0.05) is 23.5 Å². The van der Waals surface area contributed by atoms with Crippen LogP contribution in [0.2, 0.25) is 0 Å². The Bertz CT molecular complexity index is 582. The van der Waals surface area contributed by atoms with Crippen molar-refractivity contribution in [3.05, 3.63) is 35.9 Å².